The van der Waals surface area contributed by atoms with Gasteiger partial charge in [0.15, 0.2) is 0 Å². The van der Waals surface area contributed by atoms with E-state index in [1.165, 1.54) is 5.56 Å². The summed E-state index contributed by atoms with van der Waals surface area (Å²) in [6.07, 6.45) is 0.602. The van der Waals surface area contributed by atoms with Crippen LogP contribution in [0.4, 0.5) is 11.6 Å². The molecule has 0 spiro atoms. The molecule has 1 aliphatic rings. The third kappa shape index (κ3) is 3.83. The number of aryl methyl sites for hydroxylation is 2. The topological polar surface area (TPSA) is 41.4 Å². The summed E-state index contributed by atoms with van der Waals surface area (Å²) in [5, 5.41) is 0. The van der Waals surface area contributed by atoms with E-state index in [2.05, 4.69) is 67.0 Å². The van der Waals surface area contributed by atoms with E-state index in [1.54, 1.807) is 0 Å². The van der Waals surface area contributed by atoms with E-state index in [4.69, 9.17) is 4.98 Å². The van der Waals surface area contributed by atoms with E-state index in [0.717, 1.165) is 28.5 Å². The van der Waals surface area contributed by atoms with Crippen LogP contribution < -0.4 is 10.5 Å². The van der Waals surface area contributed by atoms with E-state index in [0.29, 0.717) is 25.8 Å². The van der Waals surface area contributed by atoms with Crippen molar-refractivity contribution in [3.8, 4) is 0 Å². The van der Waals surface area contributed by atoms with Crippen molar-refractivity contribution in [2.75, 3.05) is 11.6 Å². The molecule has 0 unspecified atom stereocenters. The van der Waals surface area contributed by atoms with Gasteiger partial charge in [0, 0.05) is 23.7 Å². The third-order valence-corrected chi connectivity index (χ3v) is 5.64. The molecule has 1 aliphatic heterocycles. The van der Waals surface area contributed by atoms with Crippen molar-refractivity contribution >= 4 is 11.6 Å². The number of rotatable bonds is 4. The van der Waals surface area contributed by atoms with E-state index < -0.39 is 0 Å². The molecule has 0 saturated carbocycles. The fraction of sp³-hybridized carbons (Fsp3) is 0.333. The zero-order valence-electron chi connectivity index (χ0n) is 17.6. The summed E-state index contributed by atoms with van der Waals surface area (Å²) in [5.74, 6) is 0.727. The molecule has 0 amide bonds. The number of hydrogen-bond donors (Lipinski definition) is 0. The molecule has 0 atom stereocenters. The Labute approximate surface area is 172 Å². The highest BCUT2D eigenvalue weighted by Gasteiger charge is 2.29. The third-order valence-electron chi connectivity index (χ3n) is 5.64. The minimum absolute atomic E-state index is 0.0545. The van der Waals surface area contributed by atoms with Gasteiger partial charge in [-0.3, -0.25) is 19.2 Å². The average molecular weight is 389 g/mol. The monoisotopic (exact) mass is 388 g/mol. The van der Waals surface area contributed by atoms with Crippen molar-refractivity contribution in [2.45, 2.75) is 46.8 Å². The van der Waals surface area contributed by atoms with Crippen molar-refractivity contribution in [3.05, 3.63) is 87.3 Å². The van der Waals surface area contributed by atoms with Gasteiger partial charge in [0.2, 0.25) is 5.95 Å². The Morgan fingerprint density at radius 2 is 1.66 bits per heavy atom. The summed E-state index contributed by atoms with van der Waals surface area (Å²) in [5.41, 5.74) is 5.03. The molecule has 0 fully saturated rings. The first-order valence-corrected chi connectivity index (χ1v) is 10.2. The first kappa shape index (κ1) is 19.4. The van der Waals surface area contributed by atoms with E-state index in [9.17, 15) is 4.79 Å². The van der Waals surface area contributed by atoms with Crippen LogP contribution in [0.3, 0.4) is 0 Å². The molecule has 0 bridgehead atoms. The molecule has 3 aromatic rings. The second-order valence-corrected chi connectivity index (χ2v) is 8.10. The van der Waals surface area contributed by atoms with E-state index in [1.807, 2.05) is 29.7 Å². The molecule has 2 heterocycles. The van der Waals surface area contributed by atoms with Crippen LogP contribution in [0, 0.1) is 13.8 Å². The zero-order valence-corrected chi connectivity index (χ0v) is 17.6. The van der Waals surface area contributed by atoms with Crippen LogP contribution in [-0.4, -0.2) is 27.2 Å². The fourth-order valence-corrected chi connectivity index (χ4v) is 3.74. The Morgan fingerprint density at radius 3 is 2.31 bits per heavy atom. The van der Waals surface area contributed by atoms with Crippen LogP contribution in [0.5, 0.6) is 0 Å². The fourth-order valence-electron chi connectivity index (χ4n) is 3.74. The molecule has 5 heteroatoms. The van der Waals surface area contributed by atoms with Crippen LogP contribution >= 0.6 is 0 Å². The highest BCUT2D eigenvalue weighted by molar-refractivity contribution is 5.59. The lowest BCUT2D eigenvalue weighted by atomic mass is 10.1. The highest BCUT2D eigenvalue weighted by atomic mass is 16.1. The summed E-state index contributed by atoms with van der Waals surface area (Å²) >= 11 is 0. The van der Waals surface area contributed by atoms with Crippen LogP contribution in [0.2, 0.25) is 0 Å². The van der Waals surface area contributed by atoms with Gasteiger partial charge in [-0.05, 0) is 45.4 Å². The minimum atomic E-state index is 0.0545. The van der Waals surface area contributed by atoms with Crippen LogP contribution in [0.1, 0.15) is 36.2 Å². The Bertz CT molecular complexity index is 1050. The lowest BCUT2D eigenvalue weighted by Gasteiger charge is -2.40. The molecular formula is C24H28N4O. The number of aromatic nitrogens is 2. The number of hydrogen-bond acceptors (Lipinski definition) is 4. The van der Waals surface area contributed by atoms with Crippen molar-refractivity contribution in [3.63, 3.8) is 0 Å². The van der Waals surface area contributed by atoms with Gasteiger partial charge in [0.05, 0.1) is 19.0 Å². The molecule has 0 N–H and O–H groups in total. The molecule has 0 saturated heterocycles. The van der Waals surface area contributed by atoms with E-state index in [-0.39, 0.29) is 5.56 Å². The second kappa shape index (κ2) is 7.84. The first-order chi connectivity index (χ1) is 13.9. The number of anilines is 2. The van der Waals surface area contributed by atoms with Crippen molar-refractivity contribution in [1.82, 2.24) is 14.5 Å². The van der Waals surface area contributed by atoms with Gasteiger partial charge in [0.25, 0.3) is 5.56 Å². The maximum Gasteiger partial charge on any atom is 0.259 e. The van der Waals surface area contributed by atoms with Gasteiger partial charge in [-0.25, -0.2) is 4.98 Å². The lowest BCUT2D eigenvalue weighted by Crippen LogP contribution is -2.50. The molecule has 29 heavy (non-hydrogen) atoms. The largest absolute Gasteiger partial charge is 0.298 e. The quantitative estimate of drug-likeness (QED) is 0.671. The van der Waals surface area contributed by atoms with Gasteiger partial charge in [0.1, 0.15) is 0 Å². The second-order valence-electron chi connectivity index (χ2n) is 8.10. The summed E-state index contributed by atoms with van der Waals surface area (Å²) in [6.45, 7) is 9.62. The number of fused-ring (bicyclic) bond motifs is 1. The molecule has 4 rings (SSSR count). The maximum atomic E-state index is 13.5. The molecule has 5 nitrogen and oxygen atoms in total. The molecular weight excluding hydrogens is 360 g/mol. The lowest BCUT2D eigenvalue weighted by molar-refractivity contribution is 0.156. The molecule has 1 aromatic heterocycles. The summed E-state index contributed by atoms with van der Waals surface area (Å²) in [6, 6.07) is 18.8. The maximum absolute atomic E-state index is 13.5. The van der Waals surface area contributed by atoms with Crippen LogP contribution in [0.25, 0.3) is 0 Å². The van der Waals surface area contributed by atoms with Crippen molar-refractivity contribution in [2.24, 2.45) is 0 Å². The Balaban J connectivity index is 1.82. The summed E-state index contributed by atoms with van der Waals surface area (Å²) in [7, 11) is 0. The molecule has 2 aromatic carbocycles. The predicted octanol–water partition coefficient (Wildman–Crippen LogP) is 4.23. The predicted molar refractivity (Wildman–Crippen MR) is 118 cm³/mol. The Hall–Kier alpha value is -2.92. The molecule has 0 radical (unpaired) electrons. The number of benzene rings is 2. The van der Waals surface area contributed by atoms with E-state index >= 15 is 0 Å². The standard InChI is InChI=1S/C24H28N4O/c1-17(2)26-15-27(21-12-10-18(3)11-13-21)24-25-19(4)22(23(29)28(24)16-26)14-20-8-6-5-7-9-20/h5-13,17H,14-16H2,1-4H3. The van der Waals surface area contributed by atoms with Gasteiger partial charge in [-0.15, -0.1) is 0 Å². The van der Waals surface area contributed by atoms with Crippen LogP contribution in [0.15, 0.2) is 59.4 Å². The molecule has 150 valence electrons. The van der Waals surface area contributed by atoms with Crippen molar-refractivity contribution < 1.29 is 0 Å². The van der Waals surface area contributed by atoms with Gasteiger partial charge >= 0.3 is 0 Å². The van der Waals surface area contributed by atoms with Crippen LogP contribution in [-0.2, 0) is 13.1 Å². The Kier molecular flexibility index (Phi) is 5.24. The normalized spacial score (nSPS) is 14.3. The summed E-state index contributed by atoms with van der Waals surface area (Å²) < 4.78 is 1.83. The van der Waals surface area contributed by atoms with Gasteiger partial charge in [-0.1, -0.05) is 48.0 Å². The smallest absolute Gasteiger partial charge is 0.259 e. The zero-order chi connectivity index (χ0) is 20.5. The van der Waals surface area contributed by atoms with Crippen molar-refractivity contribution in [1.29, 1.82) is 0 Å². The summed E-state index contributed by atoms with van der Waals surface area (Å²) in [4.78, 5) is 22.8. The average Bonchev–Trinajstić information content (AvgIpc) is 2.72. The van der Waals surface area contributed by atoms with Gasteiger partial charge in [-0.2, -0.15) is 0 Å². The Morgan fingerprint density at radius 1 is 0.966 bits per heavy atom. The first-order valence-electron chi connectivity index (χ1n) is 10.2. The SMILES string of the molecule is Cc1ccc(N2CN(C(C)C)Cn3c2nc(C)c(Cc2ccccc2)c3=O)cc1. The minimum Gasteiger partial charge on any atom is -0.298 e. The number of nitrogens with zero attached hydrogens (tertiary/aromatic N) is 4. The highest BCUT2D eigenvalue weighted by Crippen LogP contribution is 2.29. The molecule has 0 aliphatic carbocycles. The van der Waals surface area contributed by atoms with Gasteiger partial charge < -0.3 is 0 Å².